The Morgan fingerprint density at radius 2 is 1.82 bits per heavy atom. The van der Waals surface area contributed by atoms with Gasteiger partial charge in [-0.1, -0.05) is 11.6 Å². The number of hydrogen-bond acceptors (Lipinski definition) is 7. The molecule has 0 saturated carbocycles. The van der Waals surface area contributed by atoms with E-state index in [1.54, 1.807) is 13.8 Å². The van der Waals surface area contributed by atoms with Crippen LogP contribution in [0.5, 0.6) is 11.5 Å². The Kier molecular flexibility index (Phi) is 9.27. The number of anilines is 1. The number of carbonyl (C=O) groups is 3. The number of amides is 1. The predicted octanol–water partition coefficient (Wildman–Crippen LogP) is 3.92. The smallest absolute Gasteiger partial charge is 0.341 e. The first-order chi connectivity index (χ1) is 15.8. The number of nitrogens with zero attached hydrogens (tertiary/aromatic N) is 1. The van der Waals surface area contributed by atoms with Crippen molar-refractivity contribution in [1.82, 2.24) is 0 Å². The topological polar surface area (TPSA) is 135 Å². The van der Waals surface area contributed by atoms with Crippen LogP contribution in [0.3, 0.4) is 0 Å². The maximum atomic E-state index is 12.6. The van der Waals surface area contributed by atoms with E-state index in [0.29, 0.717) is 16.8 Å². The number of hydrogen-bond donors (Lipinski definition) is 2. The molecule has 0 spiro atoms. The Bertz CT molecular complexity index is 1110. The van der Waals surface area contributed by atoms with Crippen LogP contribution < -0.4 is 14.8 Å². The third-order valence-corrected chi connectivity index (χ3v) is 4.28. The second kappa shape index (κ2) is 12.1. The molecule has 0 atom stereocenters. The van der Waals surface area contributed by atoms with Gasteiger partial charge in [-0.15, -0.1) is 0 Å². The standard InChI is InChI=1S/C23H21ClN2O7/c1-3-31-19-11-14(10-18(24)21(19)33-13-20(27)28)9-16(12-25)22(29)26-17-7-5-15(6-8-17)23(30)32-4-2/h5-11H,3-4,13H2,1-2H3,(H,26,29)(H,27,28)/b16-9+. The third kappa shape index (κ3) is 7.26. The fourth-order valence-electron chi connectivity index (χ4n) is 2.63. The lowest BCUT2D eigenvalue weighted by atomic mass is 10.1. The van der Waals surface area contributed by atoms with Gasteiger partial charge in [0.1, 0.15) is 11.6 Å². The highest BCUT2D eigenvalue weighted by Gasteiger charge is 2.16. The minimum absolute atomic E-state index is 0.0442. The van der Waals surface area contributed by atoms with Crippen LogP contribution in [0.1, 0.15) is 29.8 Å². The van der Waals surface area contributed by atoms with Crippen molar-refractivity contribution in [2.45, 2.75) is 13.8 Å². The van der Waals surface area contributed by atoms with Gasteiger partial charge >= 0.3 is 11.9 Å². The summed E-state index contributed by atoms with van der Waals surface area (Å²) in [7, 11) is 0. The van der Waals surface area contributed by atoms with Crippen molar-refractivity contribution in [3.05, 3.63) is 58.1 Å². The highest BCUT2D eigenvalue weighted by atomic mass is 35.5. The van der Waals surface area contributed by atoms with Crippen LogP contribution in [0, 0.1) is 11.3 Å². The largest absolute Gasteiger partial charge is 0.490 e. The van der Waals surface area contributed by atoms with E-state index in [-0.39, 0.29) is 35.3 Å². The fraction of sp³-hybridized carbons (Fsp3) is 0.217. The van der Waals surface area contributed by atoms with Gasteiger partial charge in [-0.3, -0.25) is 4.79 Å². The number of benzene rings is 2. The summed E-state index contributed by atoms with van der Waals surface area (Å²) in [6.07, 6.45) is 1.30. The summed E-state index contributed by atoms with van der Waals surface area (Å²) < 4.78 is 15.5. The molecule has 0 aliphatic carbocycles. The Morgan fingerprint density at radius 3 is 2.39 bits per heavy atom. The van der Waals surface area contributed by atoms with Crippen LogP contribution in [-0.2, 0) is 14.3 Å². The molecule has 0 unspecified atom stereocenters. The molecule has 2 aromatic rings. The highest BCUT2D eigenvalue weighted by Crippen LogP contribution is 2.37. The molecule has 9 nitrogen and oxygen atoms in total. The molecule has 2 N–H and O–H groups in total. The average molecular weight is 473 g/mol. The zero-order valence-corrected chi connectivity index (χ0v) is 18.6. The molecule has 0 aromatic heterocycles. The molecule has 0 radical (unpaired) electrons. The van der Waals surface area contributed by atoms with E-state index in [4.69, 9.17) is 30.9 Å². The maximum Gasteiger partial charge on any atom is 0.341 e. The number of carboxylic acid groups (broad SMARTS) is 1. The van der Waals surface area contributed by atoms with E-state index in [2.05, 4.69) is 5.32 Å². The van der Waals surface area contributed by atoms with Crippen LogP contribution >= 0.6 is 11.6 Å². The van der Waals surface area contributed by atoms with Gasteiger partial charge in [-0.25, -0.2) is 9.59 Å². The number of aliphatic carboxylic acids is 1. The summed E-state index contributed by atoms with van der Waals surface area (Å²) in [6, 6.07) is 10.7. The minimum atomic E-state index is -1.18. The van der Waals surface area contributed by atoms with Crippen molar-refractivity contribution in [2.75, 3.05) is 25.1 Å². The Hall–Kier alpha value is -4.03. The van der Waals surface area contributed by atoms with Gasteiger partial charge in [-0.2, -0.15) is 5.26 Å². The normalized spacial score (nSPS) is 10.7. The molecule has 0 aliphatic rings. The zero-order chi connectivity index (χ0) is 24.4. The van der Waals surface area contributed by atoms with Gasteiger partial charge in [0.05, 0.1) is 23.8 Å². The van der Waals surface area contributed by atoms with Crippen molar-refractivity contribution in [3.8, 4) is 17.6 Å². The summed E-state index contributed by atoms with van der Waals surface area (Å²) in [5.41, 5.74) is 0.853. The molecular formula is C23H21ClN2O7. The average Bonchev–Trinajstić information content (AvgIpc) is 2.77. The number of nitriles is 1. The monoisotopic (exact) mass is 472 g/mol. The quantitative estimate of drug-likeness (QED) is 0.301. The van der Waals surface area contributed by atoms with Crippen LogP contribution in [-0.4, -0.2) is 42.8 Å². The second-order valence-electron chi connectivity index (χ2n) is 6.37. The van der Waals surface area contributed by atoms with Crippen molar-refractivity contribution >= 4 is 41.2 Å². The molecule has 0 bridgehead atoms. The number of halogens is 1. The van der Waals surface area contributed by atoms with Gasteiger partial charge in [0.2, 0.25) is 0 Å². The van der Waals surface area contributed by atoms with E-state index in [1.165, 1.54) is 42.5 Å². The summed E-state index contributed by atoms with van der Waals surface area (Å²) in [5.74, 6) is -2.13. The van der Waals surface area contributed by atoms with E-state index in [9.17, 15) is 19.6 Å². The second-order valence-corrected chi connectivity index (χ2v) is 6.77. The van der Waals surface area contributed by atoms with E-state index in [0.717, 1.165) is 0 Å². The van der Waals surface area contributed by atoms with Crippen LogP contribution in [0.4, 0.5) is 5.69 Å². The van der Waals surface area contributed by atoms with Crippen LogP contribution in [0.25, 0.3) is 6.08 Å². The summed E-state index contributed by atoms with van der Waals surface area (Å²) >= 11 is 6.20. The van der Waals surface area contributed by atoms with Crippen molar-refractivity contribution in [2.24, 2.45) is 0 Å². The Labute approximate surface area is 195 Å². The van der Waals surface area contributed by atoms with E-state index < -0.39 is 24.5 Å². The highest BCUT2D eigenvalue weighted by molar-refractivity contribution is 6.32. The molecule has 0 fully saturated rings. The Morgan fingerprint density at radius 1 is 1.12 bits per heavy atom. The first-order valence-electron chi connectivity index (χ1n) is 9.80. The number of carbonyl (C=O) groups excluding carboxylic acids is 2. The van der Waals surface area contributed by atoms with E-state index in [1.807, 2.05) is 6.07 Å². The van der Waals surface area contributed by atoms with Crippen molar-refractivity contribution in [1.29, 1.82) is 5.26 Å². The summed E-state index contributed by atoms with van der Waals surface area (Å²) in [5, 5.41) is 20.9. The van der Waals surface area contributed by atoms with Gasteiger partial charge in [0.25, 0.3) is 5.91 Å². The van der Waals surface area contributed by atoms with E-state index >= 15 is 0 Å². The van der Waals surface area contributed by atoms with Crippen LogP contribution in [0.2, 0.25) is 5.02 Å². The fourth-order valence-corrected chi connectivity index (χ4v) is 2.90. The molecule has 0 saturated heterocycles. The summed E-state index contributed by atoms with van der Waals surface area (Å²) in [4.78, 5) is 35.1. The molecule has 172 valence electrons. The Balaban J connectivity index is 2.25. The van der Waals surface area contributed by atoms with Gasteiger partial charge in [-0.05, 0) is 61.9 Å². The van der Waals surface area contributed by atoms with Crippen molar-refractivity contribution in [3.63, 3.8) is 0 Å². The molecule has 10 heteroatoms. The maximum absolute atomic E-state index is 12.6. The lowest BCUT2D eigenvalue weighted by molar-refractivity contribution is -0.139. The molecule has 2 rings (SSSR count). The first-order valence-corrected chi connectivity index (χ1v) is 10.2. The zero-order valence-electron chi connectivity index (χ0n) is 17.9. The number of carboxylic acids is 1. The van der Waals surface area contributed by atoms with Crippen molar-refractivity contribution < 1.29 is 33.7 Å². The van der Waals surface area contributed by atoms with Crippen LogP contribution in [0.15, 0.2) is 42.0 Å². The molecule has 1 amide bonds. The first kappa shape index (κ1) is 25.2. The summed E-state index contributed by atoms with van der Waals surface area (Å²) in [6.45, 7) is 3.30. The number of ether oxygens (including phenoxy) is 3. The predicted molar refractivity (Wildman–Crippen MR) is 120 cm³/mol. The number of rotatable bonds is 10. The lowest BCUT2D eigenvalue weighted by Gasteiger charge is -2.13. The molecule has 0 aliphatic heterocycles. The minimum Gasteiger partial charge on any atom is -0.490 e. The number of nitrogens with one attached hydrogen (secondary N) is 1. The molecule has 2 aromatic carbocycles. The SMILES string of the molecule is CCOC(=O)c1ccc(NC(=O)/C(C#N)=C/c2cc(Cl)c(OCC(=O)O)c(OCC)c2)cc1. The van der Waals surface area contributed by atoms with Gasteiger partial charge in [0.15, 0.2) is 18.1 Å². The molecule has 0 heterocycles. The van der Waals surface area contributed by atoms with Gasteiger partial charge < -0.3 is 24.6 Å². The lowest BCUT2D eigenvalue weighted by Crippen LogP contribution is -2.14. The van der Waals surface area contributed by atoms with Gasteiger partial charge in [0, 0.05) is 5.69 Å². The number of esters is 1. The molecular weight excluding hydrogens is 452 g/mol. The third-order valence-electron chi connectivity index (χ3n) is 4.00. The molecule has 33 heavy (non-hydrogen) atoms.